The van der Waals surface area contributed by atoms with E-state index >= 15 is 0 Å². The van der Waals surface area contributed by atoms with Crippen LogP contribution in [-0.4, -0.2) is 25.0 Å². The molecule has 0 aliphatic rings. The van der Waals surface area contributed by atoms with Crippen molar-refractivity contribution in [1.29, 1.82) is 0 Å². The predicted molar refractivity (Wildman–Crippen MR) is 172 cm³/mol. The first-order chi connectivity index (χ1) is 20.6. The van der Waals surface area contributed by atoms with Crippen molar-refractivity contribution < 1.29 is 19.1 Å². The highest BCUT2D eigenvalue weighted by Gasteiger charge is 2.13. The van der Waals surface area contributed by atoms with Gasteiger partial charge in [0.1, 0.15) is 11.5 Å². The van der Waals surface area contributed by atoms with Crippen LogP contribution >= 0.6 is 0 Å². The third-order valence-electron chi connectivity index (χ3n) is 7.18. The molecule has 0 unspecified atom stereocenters. The van der Waals surface area contributed by atoms with Gasteiger partial charge in [0, 0.05) is 33.3 Å². The fraction of sp³-hybridized carbons (Fsp3) is 0.333. The van der Waals surface area contributed by atoms with Gasteiger partial charge in [-0.25, -0.2) is 0 Å². The van der Waals surface area contributed by atoms with Crippen LogP contribution in [-0.2, 0) is 0 Å². The molecule has 2 N–H and O–H groups in total. The van der Waals surface area contributed by atoms with Crippen LogP contribution in [0.1, 0.15) is 85.9 Å². The largest absolute Gasteiger partial charge is 0.494 e. The number of benzene rings is 4. The number of rotatable bonds is 16. The fourth-order valence-corrected chi connectivity index (χ4v) is 4.76. The first kappa shape index (κ1) is 30.6. The monoisotopic (exact) mass is 566 g/mol. The van der Waals surface area contributed by atoms with Gasteiger partial charge in [0.15, 0.2) is 0 Å². The minimum atomic E-state index is -0.209. The number of fused-ring (bicyclic) bond motifs is 1. The topological polar surface area (TPSA) is 76.7 Å². The van der Waals surface area contributed by atoms with Crippen molar-refractivity contribution in [1.82, 2.24) is 0 Å². The summed E-state index contributed by atoms with van der Waals surface area (Å²) in [6, 6.07) is 25.8. The summed E-state index contributed by atoms with van der Waals surface area (Å²) < 4.78 is 11.6. The van der Waals surface area contributed by atoms with Crippen LogP contribution in [0.15, 0.2) is 84.9 Å². The lowest BCUT2D eigenvalue weighted by atomic mass is 10.1. The molecule has 0 radical (unpaired) electrons. The number of carbonyl (C=O) groups excluding carboxylic acids is 2. The van der Waals surface area contributed by atoms with E-state index in [0.29, 0.717) is 35.7 Å². The Kier molecular flexibility index (Phi) is 11.8. The Bertz CT molecular complexity index is 1320. The van der Waals surface area contributed by atoms with E-state index in [9.17, 15) is 9.59 Å². The summed E-state index contributed by atoms with van der Waals surface area (Å²) in [7, 11) is 0. The average molecular weight is 567 g/mol. The normalized spacial score (nSPS) is 10.8. The summed E-state index contributed by atoms with van der Waals surface area (Å²) in [6.45, 7) is 5.74. The number of hydrogen-bond acceptors (Lipinski definition) is 4. The van der Waals surface area contributed by atoms with Crippen LogP contribution in [0, 0.1) is 0 Å². The Labute approximate surface area is 249 Å². The minimum absolute atomic E-state index is 0.209. The predicted octanol–water partition coefficient (Wildman–Crippen LogP) is 9.26. The maximum atomic E-state index is 13.1. The lowest BCUT2D eigenvalue weighted by Crippen LogP contribution is -2.13. The third kappa shape index (κ3) is 8.84. The Balaban J connectivity index is 1.37. The minimum Gasteiger partial charge on any atom is -0.494 e. The van der Waals surface area contributed by atoms with Crippen LogP contribution in [0.25, 0.3) is 10.8 Å². The maximum Gasteiger partial charge on any atom is 0.255 e. The molecule has 6 heteroatoms. The lowest BCUT2D eigenvalue weighted by Gasteiger charge is -2.13. The van der Waals surface area contributed by atoms with E-state index in [-0.39, 0.29) is 11.8 Å². The summed E-state index contributed by atoms with van der Waals surface area (Å²) in [5.41, 5.74) is 2.43. The van der Waals surface area contributed by atoms with Gasteiger partial charge in [0.2, 0.25) is 0 Å². The van der Waals surface area contributed by atoms with E-state index in [2.05, 4.69) is 24.5 Å². The van der Waals surface area contributed by atoms with Crippen LogP contribution < -0.4 is 20.1 Å². The van der Waals surface area contributed by atoms with Gasteiger partial charge in [-0.15, -0.1) is 0 Å². The van der Waals surface area contributed by atoms with E-state index in [1.165, 1.54) is 25.7 Å². The molecule has 0 fully saturated rings. The van der Waals surface area contributed by atoms with E-state index < -0.39 is 0 Å². The first-order valence-electron chi connectivity index (χ1n) is 15.2. The molecule has 0 saturated heterocycles. The van der Waals surface area contributed by atoms with Gasteiger partial charge in [0.05, 0.1) is 13.2 Å². The number of carbonyl (C=O) groups is 2. The summed E-state index contributed by atoms with van der Waals surface area (Å²) >= 11 is 0. The molecule has 0 aromatic heterocycles. The smallest absolute Gasteiger partial charge is 0.255 e. The third-order valence-corrected chi connectivity index (χ3v) is 7.18. The number of nitrogens with one attached hydrogen (secondary N) is 2. The molecule has 0 spiro atoms. The molecular weight excluding hydrogens is 524 g/mol. The van der Waals surface area contributed by atoms with Crippen molar-refractivity contribution in [2.75, 3.05) is 23.8 Å². The van der Waals surface area contributed by atoms with Crippen LogP contribution in [0.2, 0.25) is 0 Å². The number of amides is 2. The number of ether oxygens (including phenoxy) is 2. The quantitative estimate of drug-likeness (QED) is 0.133. The van der Waals surface area contributed by atoms with Crippen molar-refractivity contribution in [2.24, 2.45) is 0 Å². The summed E-state index contributed by atoms with van der Waals surface area (Å²) in [5.74, 6) is 1.11. The van der Waals surface area contributed by atoms with Gasteiger partial charge in [0.25, 0.3) is 11.8 Å². The molecule has 0 heterocycles. The molecule has 4 aromatic carbocycles. The number of anilines is 2. The molecule has 0 atom stereocenters. The number of hydrogen-bond donors (Lipinski definition) is 2. The Morgan fingerprint density at radius 2 is 0.929 bits per heavy atom. The molecular formula is C36H42N2O4. The average Bonchev–Trinajstić information content (AvgIpc) is 3.02. The van der Waals surface area contributed by atoms with E-state index in [1.807, 2.05) is 60.7 Å². The SMILES string of the molecule is CCCCCCOc1ccc(C(=O)Nc2cccc3c(NC(=O)c4ccc(OCCCCCC)cc4)cccc23)cc1. The second-order valence-corrected chi connectivity index (χ2v) is 10.5. The van der Waals surface area contributed by atoms with Gasteiger partial charge in [-0.1, -0.05) is 76.6 Å². The first-order valence-corrected chi connectivity index (χ1v) is 15.2. The van der Waals surface area contributed by atoms with Crippen molar-refractivity contribution in [3.8, 4) is 11.5 Å². The van der Waals surface area contributed by atoms with Gasteiger partial charge in [-0.3, -0.25) is 9.59 Å². The van der Waals surface area contributed by atoms with Gasteiger partial charge in [-0.05, 0) is 73.5 Å². The number of unbranched alkanes of at least 4 members (excludes halogenated alkanes) is 6. The van der Waals surface area contributed by atoms with Crippen molar-refractivity contribution in [3.63, 3.8) is 0 Å². The highest BCUT2D eigenvalue weighted by molar-refractivity contribution is 6.14. The van der Waals surface area contributed by atoms with E-state index in [0.717, 1.165) is 48.0 Å². The molecule has 42 heavy (non-hydrogen) atoms. The molecule has 220 valence electrons. The zero-order valence-electron chi connectivity index (χ0n) is 24.8. The highest BCUT2D eigenvalue weighted by Crippen LogP contribution is 2.30. The second kappa shape index (κ2) is 16.2. The van der Waals surface area contributed by atoms with Crippen LogP contribution in [0.5, 0.6) is 11.5 Å². The molecule has 0 aliphatic carbocycles. The molecule has 4 rings (SSSR count). The molecule has 4 aromatic rings. The summed E-state index contributed by atoms with van der Waals surface area (Å²) in [4.78, 5) is 26.1. The molecule has 0 aliphatic heterocycles. The maximum absolute atomic E-state index is 13.1. The van der Waals surface area contributed by atoms with Gasteiger partial charge in [-0.2, -0.15) is 0 Å². The van der Waals surface area contributed by atoms with Gasteiger partial charge < -0.3 is 20.1 Å². The van der Waals surface area contributed by atoms with E-state index in [4.69, 9.17) is 9.47 Å². The van der Waals surface area contributed by atoms with Crippen molar-refractivity contribution in [3.05, 3.63) is 96.1 Å². The Morgan fingerprint density at radius 1 is 0.524 bits per heavy atom. The standard InChI is InChI=1S/C36H42N2O4/c1-3-5-7-9-25-41-29-21-17-27(18-22-29)35(39)37-33-15-11-14-32-31(33)13-12-16-34(32)38-36(40)28-19-23-30(24-20-28)42-26-10-8-6-4-2/h11-24H,3-10,25-26H2,1-2H3,(H,37,39)(H,38,40). The summed E-state index contributed by atoms with van der Waals surface area (Å²) in [6.07, 6.45) is 9.20. The molecule has 0 saturated carbocycles. The van der Waals surface area contributed by atoms with Crippen molar-refractivity contribution in [2.45, 2.75) is 65.2 Å². The fourth-order valence-electron chi connectivity index (χ4n) is 4.76. The Morgan fingerprint density at radius 3 is 1.31 bits per heavy atom. The zero-order chi connectivity index (χ0) is 29.6. The van der Waals surface area contributed by atoms with Crippen molar-refractivity contribution >= 4 is 34.0 Å². The van der Waals surface area contributed by atoms with Gasteiger partial charge >= 0.3 is 0 Å². The summed E-state index contributed by atoms with van der Waals surface area (Å²) in [5, 5.41) is 7.73. The zero-order valence-corrected chi connectivity index (χ0v) is 24.8. The molecule has 0 bridgehead atoms. The highest BCUT2D eigenvalue weighted by atomic mass is 16.5. The van der Waals surface area contributed by atoms with E-state index in [1.54, 1.807) is 24.3 Å². The van der Waals surface area contributed by atoms with Crippen LogP contribution in [0.3, 0.4) is 0 Å². The Hall–Kier alpha value is -4.32. The lowest BCUT2D eigenvalue weighted by molar-refractivity contribution is 0.101. The second-order valence-electron chi connectivity index (χ2n) is 10.5. The van der Waals surface area contributed by atoms with Crippen LogP contribution in [0.4, 0.5) is 11.4 Å². The molecule has 2 amide bonds. The molecule has 6 nitrogen and oxygen atoms in total.